The van der Waals surface area contributed by atoms with Gasteiger partial charge in [0.25, 0.3) is 0 Å². The smallest absolute Gasteiger partial charge is 0.00793 e. The Bertz CT molecular complexity index is 178. The van der Waals surface area contributed by atoms with E-state index in [0.29, 0.717) is 6.04 Å². The predicted octanol–water partition coefficient (Wildman–Crippen LogP) is 1.39. The van der Waals surface area contributed by atoms with Gasteiger partial charge in [-0.15, -0.1) is 0 Å². The Balaban J connectivity index is 2.05. The molecule has 3 heteroatoms. The van der Waals surface area contributed by atoms with Crippen molar-refractivity contribution in [1.82, 2.24) is 9.80 Å². The molecule has 0 aliphatic heterocycles. The first-order valence-corrected chi connectivity index (χ1v) is 6.76. The van der Waals surface area contributed by atoms with Crippen molar-refractivity contribution in [2.75, 3.05) is 40.3 Å². The molecule has 2 N–H and O–H groups in total. The van der Waals surface area contributed by atoms with Crippen LogP contribution in [0.3, 0.4) is 0 Å². The van der Waals surface area contributed by atoms with Gasteiger partial charge in [0.05, 0.1) is 0 Å². The van der Waals surface area contributed by atoms with Crippen LogP contribution in [0.4, 0.5) is 0 Å². The summed E-state index contributed by atoms with van der Waals surface area (Å²) in [6, 6.07) is 0.461. The third-order valence-corrected chi connectivity index (χ3v) is 3.53. The summed E-state index contributed by atoms with van der Waals surface area (Å²) >= 11 is 0. The minimum atomic E-state index is 0.461. The summed E-state index contributed by atoms with van der Waals surface area (Å²) in [5.74, 6) is 0.848. The summed E-state index contributed by atoms with van der Waals surface area (Å²) < 4.78 is 0. The normalized spacial score (nSPS) is 18.4. The lowest BCUT2D eigenvalue weighted by molar-refractivity contribution is 0.254. The Hall–Kier alpha value is -0.120. The van der Waals surface area contributed by atoms with Crippen LogP contribution in [-0.2, 0) is 0 Å². The van der Waals surface area contributed by atoms with Crippen LogP contribution in [-0.4, -0.2) is 56.1 Å². The third kappa shape index (κ3) is 5.83. The predicted molar refractivity (Wildman–Crippen MR) is 70.6 cm³/mol. The molecule has 0 bridgehead atoms. The third-order valence-electron chi connectivity index (χ3n) is 3.53. The van der Waals surface area contributed by atoms with Gasteiger partial charge in [-0.2, -0.15) is 0 Å². The summed E-state index contributed by atoms with van der Waals surface area (Å²) in [6.07, 6.45) is 5.18. The second-order valence-electron chi connectivity index (χ2n) is 5.38. The van der Waals surface area contributed by atoms with Gasteiger partial charge in [0.2, 0.25) is 0 Å². The lowest BCUT2D eigenvalue weighted by Gasteiger charge is -2.23. The van der Waals surface area contributed by atoms with E-state index in [2.05, 4.69) is 30.8 Å². The van der Waals surface area contributed by atoms with Gasteiger partial charge in [0, 0.05) is 6.04 Å². The highest BCUT2D eigenvalue weighted by Crippen LogP contribution is 2.32. The van der Waals surface area contributed by atoms with Gasteiger partial charge in [0.15, 0.2) is 0 Å². The standard InChI is InChI=1S/C13H29N3/c1-4-16(10-5-9-15(2)3)11-8-13(14)12-6-7-12/h12-13H,4-11,14H2,1-3H3. The summed E-state index contributed by atoms with van der Waals surface area (Å²) in [7, 11) is 4.28. The van der Waals surface area contributed by atoms with Gasteiger partial charge in [-0.25, -0.2) is 0 Å². The Morgan fingerprint density at radius 3 is 2.38 bits per heavy atom. The van der Waals surface area contributed by atoms with Crippen molar-refractivity contribution in [3.05, 3.63) is 0 Å². The minimum Gasteiger partial charge on any atom is -0.327 e. The zero-order valence-electron chi connectivity index (χ0n) is 11.3. The second-order valence-corrected chi connectivity index (χ2v) is 5.38. The van der Waals surface area contributed by atoms with Gasteiger partial charge in [-0.3, -0.25) is 0 Å². The first-order valence-electron chi connectivity index (χ1n) is 6.76. The molecule has 0 heterocycles. The zero-order valence-corrected chi connectivity index (χ0v) is 11.3. The van der Waals surface area contributed by atoms with Crippen LogP contribution < -0.4 is 5.73 Å². The van der Waals surface area contributed by atoms with Crippen LogP contribution in [0.5, 0.6) is 0 Å². The van der Waals surface area contributed by atoms with Crippen molar-refractivity contribution in [3.63, 3.8) is 0 Å². The SMILES string of the molecule is CCN(CCCN(C)C)CCC(N)C1CC1. The highest BCUT2D eigenvalue weighted by atomic mass is 15.1. The van der Waals surface area contributed by atoms with E-state index >= 15 is 0 Å². The van der Waals surface area contributed by atoms with E-state index in [9.17, 15) is 0 Å². The van der Waals surface area contributed by atoms with Gasteiger partial charge < -0.3 is 15.5 Å². The molecule has 0 aromatic rings. The molecule has 1 rings (SSSR count). The van der Waals surface area contributed by atoms with Gasteiger partial charge in [-0.1, -0.05) is 6.92 Å². The molecule has 1 unspecified atom stereocenters. The molecule has 3 nitrogen and oxygen atoms in total. The van der Waals surface area contributed by atoms with Gasteiger partial charge in [0.1, 0.15) is 0 Å². The van der Waals surface area contributed by atoms with Crippen molar-refractivity contribution < 1.29 is 0 Å². The summed E-state index contributed by atoms with van der Waals surface area (Å²) in [6.45, 7) is 6.99. The molecule has 0 saturated heterocycles. The molecule has 0 amide bonds. The number of nitrogens with zero attached hydrogens (tertiary/aromatic N) is 2. The molecular formula is C13H29N3. The van der Waals surface area contributed by atoms with Crippen molar-refractivity contribution >= 4 is 0 Å². The van der Waals surface area contributed by atoms with E-state index in [1.807, 2.05) is 0 Å². The van der Waals surface area contributed by atoms with Gasteiger partial charge >= 0.3 is 0 Å². The lowest BCUT2D eigenvalue weighted by Crippen LogP contribution is -2.33. The molecule has 1 aliphatic carbocycles. The molecule has 1 fully saturated rings. The molecule has 1 saturated carbocycles. The number of hydrogen-bond donors (Lipinski definition) is 1. The topological polar surface area (TPSA) is 32.5 Å². The Kier molecular flexibility index (Phi) is 6.32. The average molecular weight is 227 g/mol. The minimum absolute atomic E-state index is 0.461. The van der Waals surface area contributed by atoms with Gasteiger partial charge in [-0.05, 0) is 71.9 Å². The zero-order chi connectivity index (χ0) is 12.0. The van der Waals surface area contributed by atoms with Crippen LogP contribution in [0.2, 0.25) is 0 Å². The maximum Gasteiger partial charge on any atom is 0.00793 e. The van der Waals surface area contributed by atoms with E-state index in [-0.39, 0.29) is 0 Å². The quantitative estimate of drug-likeness (QED) is 0.646. The van der Waals surface area contributed by atoms with Crippen molar-refractivity contribution in [1.29, 1.82) is 0 Å². The van der Waals surface area contributed by atoms with Crippen LogP contribution in [0.1, 0.15) is 32.6 Å². The van der Waals surface area contributed by atoms with Crippen molar-refractivity contribution in [3.8, 4) is 0 Å². The molecule has 0 spiro atoms. The maximum atomic E-state index is 6.12. The molecule has 16 heavy (non-hydrogen) atoms. The summed E-state index contributed by atoms with van der Waals surface area (Å²) in [5.41, 5.74) is 6.12. The number of rotatable bonds is 9. The molecule has 1 atom stereocenters. The van der Waals surface area contributed by atoms with E-state index in [1.54, 1.807) is 0 Å². The monoisotopic (exact) mass is 227 g/mol. The highest BCUT2D eigenvalue weighted by Gasteiger charge is 2.28. The molecule has 0 aromatic carbocycles. The molecule has 0 aromatic heterocycles. The maximum absolute atomic E-state index is 6.12. The molecule has 96 valence electrons. The van der Waals surface area contributed by atoms with E-state index in [1.165, 1.54) is 45.3 Å². The first kappa shape index (κ1) is 13.9. The molecule has 1 aliphatic rings. The van der Waals surface area contributed by atoms with E-state index < -0.39 is 0 Å². The molecule has 0 radical (unpaired) electrons. The largest absolute Gasteiger partial charge is 0.327 e. The van der Waals surface area contributed by atoms with Crippen molar-refractivity contribution in [2.45, 2.75) is 38.6 Å². The Labute approximate surface area is 101 Å². The van der Waals surface area contributed by atoms with E-state index in [4.69, 9.17) is 5.73 Å². The first-order chi connectivity index (χ1) is 7.63. The van der Waals surface area contributed by atoms with Crippen LogP contribution in [0.15, 0.2) is 0 Å². The lowest BCUT2D eigenvalue weighted by atomic mass is 10.1. The second kappa shape index (κ2) is 7.25. The van der Waals surface area contributed by atoms with Crippen molar-refractivity contribution in [2.24, 2.45) is 11.7 Å². The van der Waals surface area contributed by atoms with Crippen LogP contribution in [0.25, 0.3) is 0 Å². The average Bonchev–Trinajstić information content (AvgIpc) is 3.05. The summed E-state index contributed by atoms with van der Waals surface area (Å²) in [5, 5.41) is 0. The highest BCUT2D eigenvalue weighted by molar-refractivity contribution is 4.84. The summed E-state index contributed by atoms with van der Waals surface area (Å²) in [4.78, 5) is 4.79. The number of nitrogens with two attached hydrogens (primary N) is 1. The Morgan fingerprint density at radius 2 is 1.88 bits per heavy atom. The van der Waals surface area contributed by atoms with E-state index in [0.717, 1.165) is 12.5 Å². The molecular weight excluding hydrogens is 198 g/mol. The fourth-order valence-corrected chi connectivity index (χ4v) is 2.13. The van der Waals surface area contributed by atoms with Crippen LogP contribution in [0, 0.1) is 5.92 Å². The fraction of sp³-hybridized carbons (Fsp3) is 1.00. The van der Waals surface area contributed by atoms with Crippen LogP contribution >= 0.6 is 0 Å². The Morgan fingerprint density at radius 1 is 1.19 bits per heavy atom. The number of hydrogen-bond acceptors (Lipinski definition) is 3. The fourth-order valence-electron chi connectivity index (χ4n) is 2.13.